The first-order chi connectivity index (χ1) is 13.8. The maximum Gasteiger partial charge on any atom is 0.339 e. The van der Waals surface area contributed by atoms with Crippen LogP contribution >= 0.6 is 24.0 Å². The fourth-order valence-electron chi connectivity index (χ4n) is 2.72. The average Bonchev–Trinajstić information content (AvgIpc) is 2.96. The number of amides is 1. The number of methoxy groups -OCH3 is 1. The van der Waals surface area contributed by atoms with E-state index in [2.05, 4.69) is 0 Å². The quantitative estimate of drug-likeness (QED) is 0.525. The Balaban J connectivity index is 1.93. The van der Waals surface area contributed by atoms with Crippen LogP contribution in [0.15, 0.2) is 41.3 Å². The summed E-state index contributed by atoms with van der Waals surface area (Å²) in [5, 5.41) is 18.9. The Kier molecular flexibility index (Phi) is 6.09. The fourth-order valence-corrected chi connectivity index (χ4v) is 4.02. The summed E-state index contributed by atoms with van der Waals surface area (Å²) in [5.41, 5.74) is 0.690. The Morgan fingerprint density at radius 1 is 1.24 bits per heavy atom. The molecule has 0 aromatic heterocycles. The van der Waals surface area contributed by atoms with Crippen molar-refractivity contribution in [1.82, 2.24) is 0 Å². The Morgan fingerprint density at radius 3 is 2.66 bits per heavy atom. The number of nitrogens with zero attached hydrogens (tertiary/aromatic N) is 1. The molecule has 0 spiro atoms. The van der Waals surface area contributed by atoms with E-state index in [1.807, 2.05) is 6.92 Å². The van der Waals surface area contributed by atoms with Gasteiger partial charge in [0.25, 0.3) is 5.91 Å². The predicted molar refractivity (Wildman–Crippen MR) is 115 cm³/mol. The van der Waals surface area contributed by atoms with Gasteiger partial charge in [-0.3, -0.25) is 9.69 Å². The molecule has 0 unspecified atom stereocenters. The number of hydrogen-bond acceptors (Lipinski definition) is 7. The molecule has 1 saturated heterocycles. The molecule has 2 aromatic carbocycles. The zero-order valence-corrected chi connectivity index (χ0v) is 17.2. The number of ether oxygens (including phenoxy) is 2. The summed E-state index contributed by atoms with van der Waals surface area (Å²) in [6.07, 6.45) is 1.68. The van der Waals surface area contributed by atoms with Crippen LogP contribution < -0.4 is 14.4 Å². The zero-order chi connectivity index (χ0) is 21.1. The number of benzene rings is 2. The first kappa shape index (κ1) is 20.7. The lowest BCUT2D eigenvalue weighted by molar-refractivity contribution is -0.113. The largest absolute Gasteiger partial charge is 0.507 e. The SMILES string of the molecule is CCOc1ccc(/C=C2\SC(=S)N(c3ccc(O)c(C(=O)O)c3)C2=O)cc1OC. The van der Waals surface area contributed by atoms with Gasteiger partial charge < -0.3 is 19.7 Å². The number of phenols is 1. The van der Waals surface area contributed by atoms with Gasteiger partial charge in [-0.15, -0.1) is 0 Å². The van der Waals surface area contributed by atoms with Crippen molar-refractivity contribution in [3.63, 3.8) is 0 Å². The number of thiocarbonyl (C=S) groups is 1. The second kappa shape index (κ2) is 8.54. The molecule has 0 radical (unpaired) electrons. The lowest BCUT2D eigenvalue weighted by Gasteiger charge is -2.15. The molecule has 0 aliphatic carbocycles. The molecular formula is C20H17NO6S2. The minimum atomic E-state index is -1.30. The highest BCUT2D eigenvalue weighted by molar-refractivity contribution is 8.27. The van der Waals surface area contributed by atoms with Gasteiger partial charge in [-0.2, -0.15) is 0 Å². The van der Waals surface area contributed by atoms with Crippen molar-refractivity contribution < 1.29 is 29.3 Å². The molecule has 2 aromatic rings. The van der Waals surface area contributed by atoms with E-state index >= 15 is 0 Å². The molecule has 1 fully saturated rings. The van der Waals surface area contributed by atoms with Crippen molar-refractivity contribution in [3.05, 3.63) is 52.4 Å². The Bertz CT molecular complexity index is 1030. The second-order valence-electron chi connectivity index (χ2n) is 5.87. The molecule has 1 aliphatic heterocycles. The third kappa shape index (κ3) is 4.20. The fraction of sp³-hybridized carbons (Fsp3) is 0.150. The number of thioether (sulfide) groups is 1. The third-order valence-electron chi connectivity index (χ3n) is 4.05. The second-order valence-corrected chi connectivity index (χ2v) is 7.54. The van der Waals surface area contributed by atoms with Gasteiger partial charge in [-0.1, -0.05) is 30.0 Å². The summed E-state index contributed by atoms with van der Waals surface area (Å²) < 4.78 is 11.1. The van der Waals surface area contributed by atoms with Gasteiger partial charge >= 0.3 is 5.97 Å². The molecule has 150 valence electrons. The summed E-state index contributed by atoms with van der Waals surface area (Å²) in [4.78, 5) is 25.8. The highest BCUT2D eigenvalue weighted by Gasteiger charge is 2.34. The van der Waals surface area contributed by atoms with Crippen molar-refractivity contribution in [3.8, 4) is 17.2 Å². The van der Waals surface area contributed by atoms with Gasteiger partial charge in [-0.05, 0) is 48.9 Å². The molecule has 7 nitrogen and oxygen atoms in total. The number of carboxylic acids is 1. The zero-order valence-electron chi connectivity index (χ0n) is 15.5. The van der Waals surface area contributed by atoms with E-state index < -0.39 is 5.97 Å². The molecule has 2 N–H and O–H groups in total. The molecule has 3 rings (SSSR count). The minimum Gasteiger partial charge on any atom is -0.507 e. The lowest BCUT2D eigenvalue weighted by Crippen LogP contribution is -2.27. The summed E-state index contributed by atoms with van der Waals surface area (Å²) in [6.45, 7) is 2.37. The van der Waals surface area contributed by atoms with Crippen LogP contribution in [0.3, 0.4) is 0 Å². The molecule has 1 heterocycles. The average molecular weight is 431 g/mol. The van der Waals surface area contributed by atoms with Crippen LogP contribution in [0.1, 0.15) is 22.8 Å². The molecular weight excluding hydrogens is 414 g/mol. The monoisotopic (exact) mass is 431 g/mol. The van der Waals surface area contributed by atoms with Crippen molar-refractivity contribution >= 4 is 51.9 Å². The topological polar surface area (TPSA) is 96.3 Å². The van der Waals surface area contributed by atoms with Crippen molar-refractivity contribution in [1.29, 1.82) is 0 Å². The van der Waals surface area contributed by atoms with Crippen molar-refractivity contribution in [2.75, 3.05) is 18.6 Å². The van der Waals surface area contributed by atoms with Crippen LogP contribution in [-0.4, -0.2) is 40.1 Å². The number of hydrogen-bond donors (Lipinski definition) is 2. The van der Waals surface area contributed by atoms with Crippen molar-refractivity contribution in [2.24, 2.45) is 0 Å². The summed E-state index contributed by atoms with van der Waals surface area (Å²) >= 11 is 6.42. The minimum absolute atomic E-state index is 0.265. The summed E-state index contributed by atoms with van der Waals surface area (Å²) in [6, 6.07) is 9.18. The molecule has 0 atom stereocenters. The smallest absolute Gasteiger partial charge is 0.339 e. The Hall–Kier alpha value is -3.04. The van der Waals surface area contributed by atoms with Gasteiger partial charge in [-0.25, -0.2) is 4.79 Å². The first-order valence-corrected chi connectivity index (χ1v) is 9.73. The van der Waals surface area contributed by atoms with E-state index in [9.17, 15) is 19.8 Å². The lowest BCUT2D eigenvalue weighted by atomic mass is 10.1. The van der Waals surface area contributed by atoms with Gasteiger partial charge in [0.15, 0.2) is 15.8 Å². The van der Waals surface area contributed by atoms with E-state index in [-0.39, 0.29) is 27.2 Å². The van der Waals surface area contributed by atoms with Gasteiger partial charge in [0.1, 0.15) is 11.3 Å². The molecule has 0 saturated carbocycles. The highest BCUT2D eigenvalue weighted by Crippen LogP contribution is 2.38. The van der Waals surface area contributed by atoms with Gasteiger partial charge in [0.2, 0.25) is 0 Å². The van der Waals surface area contributed by atoms with Crippen LogP contribution in [0.2, 0.25) is 0 Å². The molecule has 1 aliphatic rings. The number of carboxylic acid groups (broad SMARTS) is 1. The van der Waals surface area contributed by atoms with E-state index in [1.165, 1.54) is 30.2 Å². The van der Waals surface area contributed by atoms with E-state index in [0.717, 1.165) is 17.3 Å². The summed E-state index contributed by atoms with van der Waals surface area (Å²) in [7, 11) is 1.53. The third-order valence-corrected chi connectivity index (χ3v) is 5.35. The predicted octanol–water partition coefficient (Wildman–Crippen LogP) is 3.90. The number of anilines is 1. The standard InChI is InChI=1S/C20H17NO6S2/c1-3-27-15-7-4-11(8-16(15)26-2)9-17-18(23)21(20(28)29-17)12-5-6-14(22)13(10-12)19(24)25/h4-10,22H,3H2,1-2H3,(H,24,25)/b17-9-. The normalized spacial score (nSPS) is 15.1. The Labute approximate surface area is 176 Å². The van der Waals surface area contributed by atoms with Crippen molar-refractivity contribution in [2.45, 2.75) is 6.92 Å². The van der Waals surface area contributed by atoms with Gasteiger partial charge in [0, 0.05) is 0 Å². The van der Waals surface area contributed by atoms with E-state index in [0.29, 0.717) is 23.0 Å². The van der Waals surface area contributed by atoms with E-state index in [1.54, 1.807) is 24.3 Å². The maximum atomic E-state index is 12.9. The summed E-state index contributed by atoms with van der Waals surface area (Å²) in [5.74, 6) is -0.920. The molecule has 0 bridgehead atoms. The molecule has 29 heavy (non-hydrogen) atoms. The molecule has 9 heteroatoms. The number of aromatic carboxylic acids is 1. The van der Waals surface area contributed by atoms with Crippen LogP contribution in [0, 0.1) is 0 Å². The number of rotatable bonds is 6. The number of carbonyl (C=O) groups excluding carboxylic acids is 1. The van der Waals surface area contributed by atoms with Crippen LogP contribution in [-0.2, 0) is 4.79 Å². The number of aromatic hydroxyl groups is 1. The Morgan fingerprint density at radius 2 is 2.00 bits per heavy atom. The first-order valence-electron chi connectivity index (χ1n) is 8.50. The number of carbonyl (C=O) groups is 2. The van der Waals surface area contributed by atoms with Crippen LogP contribution in [0.25, 0.3) is 6.08 Å². The maximum absolute atomic E-state index is 12.9. The van der Waals surface area contributed by atoms with Crippen LogP contribution in [0.4, 0.5) is 5.69 Å². The molecule has 1 amide bonds. The highest BCUT2D eigenvalue weighted by atomic mass is 32.2. The van der Waals surface area contributed by atoms with Gasteiger partial charge in [0.05, 0.1) is 24.3 Å². The van der Waals surface area contributed by atoms with E-state index in [4.69, 9.17) is 21.7 Å². The van der Waals surface area contributed by atoms with Crippen LogP contribution in [0.5, 0.6) is 17.2 Å².